The molecule has 5 heteroatoms. The summed E-state index contributed by atoms with van der Waals surface area (Å²) >= 11 is 0. The van der Waals surface area contributed by atoms with E-state index in [1.54, 1.807) is 14.2 Å². The van der Waals surface area contributed by atoms with E-state index in [1.807, 2.05) is 60.7 Å². The zero-order valence-corrected chi connectivity index (χ0v) is 18.3. The van der Waals surface area contributed by atoms with Crippen molar-refractivity contribution in [2.24, 2.45) is 0 Å². The monoisotopic (exact) mass is 422 g/mol. The molecular weight excluding hydrogens is 392 g/mol. The van der Waals surface area contributed by atoms with Crippen LogP contribution >= 0.6 is 0 Å². The highest BCUT2D eigenvalue weighted by Gasteiger charge is 2.20. The summed E-state index contributed by atoms with van der Waals surface area (Å²) in [5.41, 5.74) is 3.60. The van der Waals surface area contributed by atoms with Crippen LogP contribution in [0.4, 0.5) is 0 Å². The fourth-order valence-corrected chi connectivity index (χ4v) is 3.45. The van der Waals surface area contributed by atoms with Crippen LogP contribution in [0.25, 0.3) is 12.2 Å². The summed E-state index contributed by atoms with van der Waals surface area (Å²) in [6.07, 6.45) is 6.47. The quantitative estimate of drug-likeness (QED) is 0.400. The van der Waals surface area contributed by atoms with Gasteiger partial charge in [-0.2, -0.15) is 0 Å². The van der Waals surface area contributed by atoms with Gasteiger partial charge in [0, 0.05) is 25.4 Å². The fourth-order valence-electron chi connectivity index (χ4n) is 3.45. The summed E-state index contributed by atoms with van der Waals surface area (Å²) in [5, 5.41) is 0. The summed E-state index contributed by atoms with van der Waals surface area (Å²) in [4.78, 5) is 13.1. The minimum atomic E-state index is 0.114. The zero-order chi connectivity index (χ0) is 21.9. The zero-order valence-electron chi connectivity index (χ0n) is 18.3. The first kappa shape index (κ1) is 22.8. The lowest BCUT2D eigenvalue weighted by Gasteiger charge is -2.17. The van der Waals surface area contributed by atoms with E-state index in [1.165, 1.54) is 0 Å². The molecule has 1 aliphatic rings. The third-order valence-corrected chi connectivity index (χ3v) is 4.99. The molecule has 3 rings (SSSR count). The van der Waals surface area contributed by atoms with Crippen LogP contribution in [0.15, 0.2) is 59.7 Å². The number of Topliss-reactive ketones (excluding diaryl/α,β-unsaturated/α-hetero) is 1. The van der Waals surface area contributed by atoms with Gasteiger partial charge in [-0.05, 0) is 66.8 Å². The molecule has 2 aromatic rings. The van der Waals surface area contributed by atoms with Crippen molar-refractivity contribution in [3.8, 4) is 11.5 Å². The summed E-state index contributed by atoms with van der Waals surface area (Å²) in [6.45, 7) is 2.07. The van der Waals surface area contributed by atoms with Crippen molar-refractivity contribution in [3.05, 3.63) is 70.8 Å². The molecule has 1 fully saturated rings. The second-order valence-corrected chi connectivity index (χ2v) is 7.35. The van der Waals surface area contributed by atoms with E-state index in [4.69, 9.17) is 18.9 Å². The maximum absolute atomic E-state index is 13.1. The normalized spacial score (nSPS) is 16.6. The first-order valence-electron chi connectivity index (χ1n) is 10.6. The molecule has 0 aliphatic heterocycles. The predicted octanol–water partition coefficient (Wildman–Crippen LogP) is 4.96. The molecule has 0 spiro atoms. The highest BCUT2D eigenvalue weighted by atomic mass is 16.5. The highest BCUT2D eigenvalue weighted by molar-refractivity contribution is 6.14. The van der Waals surface area contributed by atoms with E-state index in [0.29, 0.717) is 26.4 Å². The van der Waals surface area contributed by atoms with Crippen molar-refractivity contribution >= 4 is 17.9 Å². The van der Waals surface area contributed by atoms with Gasteiger partial charge >= 0.3 is 0 Å². The molecule has 0 N–H and O–H groups in total. The standard InChI is InChI=1S/C26H30O5/c1-28-12-14-30-24-10-3-6-20(18-24)16-22-8-5-9-23(26(22)27)17-21-7-4-11-25(19-21)31-15-13-29-2/h3-4,6-7,10-11,16-19H,5,8-9,12-15H2,1-2H3. The van der Waals surface area contributed by atoms with Gasteiger partial charge in [0.05, 0.1) is 13.2 Å². The molecule has 1 aliphatic carbocycles. The van der Waals surface area contributed by atoms with E-state index < -0.39 is 0 Å². The van der Waals surface area contributed by atoms with Crippen molar-refractivity contribution < 1.29 is 23.7 Å². The number of carbonyl (C=O) groups excluding carboxylic acids is 1. The van der Waals surface area contributed by atoms with Crippen LogP contribution < -0.4 is 9.47 Å². The first-order valence-corrected chi connectivity index (χ1v) is 10.6. The predicted molar refractivity (Wildman–Crippen MR) is 122 cm³/mol. The van der Waals surface area contributed by atoms with Crippen molar-refractivity contribution in [1.82, 2.24) is 0 Å². The van der Waals surface area contributed by atoms with Gasteiger partial charge in [0.25, 0.3) is 0 Å². The lowest BCUT2D eigenvalue weighted by Crippen LogP contribution is -2.12. The Morgan fingerprint density at radius 1 is 0.742 bits per heavy atom. The van der Waals surface area contributed by atoms with Crippen molar-refractivity contribution in [3.63, 3.8) is 0 Å². The topological polar surface area (TPSA) is 54.0 Å². The Balaban J connectivity index is 1.72. The highest BCUT2D eigenvalue weighted by Crippen LogP contribution is 2.29. The average molecular weight is 423 g/mol. The van der Waals surface area contributed by atoms with Crippen LogP contribution in [-0.2, 0) is 14.3 Å². The van der Waals surface area contributed by atoms with Gasteiger partial charge in [-0.1, -0.05) is 24.3 Å². The van der Waals surface area contributed by atoms with E-state index in [0.717, 1.165) is 53.0 Å². The largest absolute Gasteiger partial charge is 0.491 e. The van der Waals surface area contributed by atoms with Gasteiger partial charge in [-0.15, -0.1) is 0 Å². The molecule has 0 saturated heterocycles. The number of hydrogen-bond acceptors (Lipinski definition) is 5. The Morgan fingerprint density at radius 2 is 1.23 bits per heavy atom. The van der Waals surface area contributed by atoms with Gasteiger partial charge in [0.2, 0.25) is 0 Å². The molecule has 0 heterocycles. The van der Waals surface area contributed by atoms with Gasteiger partial charge in [-0.25, -0.2) is 0 Å². The summed E-state index contributed by atoms with van der Waals surface area (Å²) in [5.74, 6) is 1.66. The molecule has 5 nitrogen and oxygen atoms in total. The van der Waals surface area contributed by atoms with Crippen LogP contribution in [0.1, 0.15) is 30.4 Å². The van der Waals surface area contributed by atoms with E-state index in [9.17, 15) is 4.79 Å². The number of ketones is 1. The van der Waals surface area contributed by atoms with Gasteiger partial charge in [0.15, 0.2) is 5.78 Å². The van der Waals surface area contributed by atoms with Crippen molar-refractivity contribution in [2.75, 3.05) is 40.6 Å². The third kappa shape index (κ3) is 7.09. The smallest absolute Gasteiger partial charge is 0.185 e. The average Bonchev–Trinajstić information content (AvgIpc) is 2.78. The lowest BCUT2D eigenvalue weighted by atomic mass is 9.87. The van der Waals surface area contributed by atoms with Crippen LogP contribution in [-0.4, -0.2) is 46.4 Å². The minimum Gasteiger partial charge on any atom is -0.491 e. The summed E-state index contributed by atoms with van der Waals surface area (Å²) in [6, 6.07) is 15.6. The molecule has 2 aromatic carbocycles. The van der Waals surface area contributed by atoms with Gasteiger partial charge in [-0.3, -0.25) is 4.79 Å². The number of rotatable bonds is 10. The van der Waals surface area contributed by atoms with Gasteiger partial charge in [0.1, 0.15) is 24.7 Å². The molecule has 0 aromatic heterocycles. The number of methoxy groups -OCH3 is 2. The lowest BCUT2D eigenvalue weighted by molar-refractivity contribution is -0.112. The maximum atomic E-state index is 13.1. The fraction of sp³-hybridized carbons (Fsp3) is 0.346. The second kappa shape index (κ2) is 12.1. The van der Waals surface area contributed by atoms with Crippen LogP contribution in [0.2, 0.25) is 0 Å². The summed E-state index contributed by atoms with van der Waals surface area (Å²) < 4.78 is 21.4. The Labute approximate surface area is 184 Å². The Hall–Kier alpha value is -2.89. The van der Waals surface area contributed by atoms with E-state index in [-0.39, 0.29) is 5.78 Å². The molecule has 0 atom stereocenters. The number of allylic oxidation sites excluding steroid dienone is 2. The number of carbonyl (C=O) groups is 1. The third-order valence-electron chi connectivity index (χ3n) is 4.99. The minimum absolute atomic E-state index is 0.114. The van der Waals surface area contributed by atoms with Crippen LogP contribution in [0, 0.1) is 0 Å². The molecular formula is C26H30O5. The van der Waals surface area contributed by atoms with E-state index >= 15 is 0 Å². The van der Waals surface area contributed by atoms with Crippen molar-refractivity contribution in [1.29, 1.82) is 0 Å². The van der Waals surface area contributed by atoms with Crippen LogP contribution in [0.3, 0.4) is 0 Å². The number of ether oxygens (including phenoxy) is 4. The maximum Gasteiger partial charge on any atom is 0.185 e. The molecule has 0 amide bonds. The molecule has 31 heavy (non-hydrogen) atoms. The summed E-state index contributed by atoms with van der Waals surface area (Å²) in [7, 11) is 3.30. The molecule has 0 radical (unpaired) electrons. The number of hydrogen-bond donors (Lipinski definition) is 0. The molecule has 1 saturated carbocycles. The SMILES string of the molecule is COCCOc1cccc(C=C2CCCC(=Cc3cccc(OCCOC)c3)C2=O)c1. The first-order chi connectivity index (χ1) is 15.2. The molecule has 0 unspecified atom stereocenters. The number of benzene rings is 2. The van der Waals surface area contributed by atoms with Gasteiger partial charge < -0.3 is 18.9 Å². The van der Waals surface area contributed by atoms with Crippen molar-refractivity contribution in [2.45, 2.75) is 19.3 Å². The molecule has 164 valence electrons. The van der Waals surface area contributed by atoms with Crippen LogP contribution in [0.5, 0.6) is 11.5 Å². The Kier molecular flexibility index (Phi) is 8.88. The Bertz CT molecular complexity index is 855. The Morgan fingerprint density at radius 3 is 1.68 bits per heavy atom. The second-order valence-electron chi connectivity index (χ2n) is 7.35. The van der Waals surface area contributed by atoms with E-state index in [2.05, 4.69) is 0 Å². The molecule has 0 bridgehead atoms.